The van der Waals surface area contributed by atoms with Gasteiger partial charge in [-0.3, -0.25) is 9.47 Å². The lowest BCUT2D eigenvalue weighted by atomic mass is 9.98. The summed E-state index contributed by atoms with van der Waals surface area (Å²) < 4.78 is 6.81. The van der Waals surface area contributed by atoms with E-state index >= 15 is 0 Å². The van der Waals surface area contributed by atoms with Crippen LogP contribution in [0.25, 0.3) is 11.1 Å². The highest BCUT2D eigenvalue weighted by Crippen LogP contribution is 2.44. The maximum Gasteiger partial charge on any atom is 0.411 e. The molecule has 152 valence electrons. The summed E-state index contributed by atoms with van der Waals surface area (Å²) in [6.45, 7) is -0.209. The zero-order valence-corrected chi connectivity index (χ0v) is 15.8. The van der Waals surface area contributed by atoms with E-state index in [9.17, 15) is 19.5 Å². The standard InChI is InChI=1S/C21H18N4O5/c26-19(27)17-9-25-18(22-23-20(25)28)10-24(17)21(29)30-11-16-14-7-3-1-5-12(14)13-6-2-4-8-15(13)16/h1-8,16-17H,9-11H2,(H,23,28)(H,26,27). The summed E-state index contributed by atoms with van der Waals surface area (Å²) in [6, 6.07) is 14.7. The maximum absolute atomic E-state index is 12.8. The van der Waals surface area contributed by atoms with Crippen LogP contribution in [0.3, 0.4) is 0 Å². The van der Waals surface area contributed by atoms with Gasteiger partial charge in [0.1, 0.15) is 6.61 Å². The number of benzene rings is 2. The predicted molar refractivity (Wildman–Crippen MR) is 105 cm³/mol. The van der Waals surface area contributed by atoms with Crippen LogP contribution >= 0.6 is 0 Å². The summed E-state index contributed by atoms with van der Waals surface area (Å²) in [7, 11) is 0. The van der Waals surface area contributed by atoms with Crippen LogP contribution in [-0.4, -0.2) is 49.5 Å². The molecule has 5 rings (SSSR count). The highest BCUT2D eigenvalue weighted by atomic mass is 16.6. The van der Waals surface area contributed by atoms with Crippen molar-refractivity contribution in [1.82, 2.24) is 19.7 Å². The van der Waals surface area contributed by atoms with E-state index in [-0.39, 0.29) is 25.6 Å². The Bertz CT molecular complexity index is 1170. The molecule has 2 heterocycles. The van der Waals surface area contributed by atoms with Crippen LogP contribution < -0.4 is 5.69 Å². The number of carbonyl (C=O) groups excluding carboxylic acids is 1. The first kappa shape index (κ1) is 18.2. The van der Waals surface area contributed by atoms with Gasteiger partial charge in [-0.1, -0.05) is 48.5 Å². The van der Waals surface area contributed by atoms with Gasteiger partial charge in [-0.25, -0.2) is 19.5 Å². The molecule has 1 aromatic heterocycles. The molecule has 0 bridgehead atoms. The highest BCUT2D eigenvalue weighted by Gasteiger charge is 2.38. The number of aromatic nitrogens is 3. The van der Waals surface area contributed by atoms with Crippen molar-refractivity contribution in [3.05, 3.63) is 76.0 Å². The lowest BCUT2D eigenvalue weighted by Gasteiger charge is -2.32. The van der Waals surface area contributed by atoms with Crippen LogP contribution in [0.5, 0.6) is 0 Å². The molecule has 1 aliphatic heterocycles. The van der Waals surface area contributed by atoms with Crippen molar-refractivity contribution in [2.45, 2.75) is 25.0 Å². The molecule has 0 spiro atoms. The Morgan fingerprint density at radius 2 is 1.73 bits per heavy atom. The van der Waals surface area contributed by atoms with Gasteiger partial charge in [0.25, 0.3) is 0 Å². The van der Waals surface area contributed by atoms with Crippen molar-refractivity contribution in [2.75, 3.05) is 6.61 Å². The van der Waals surface area contributed by atoms with Gasteiger partial charge in [0.15, 0.2) is 11.9 Å². The summed E-state index contributed by atoms with van der Waals surface area (Å²) in [5.74, 6) is -1.04. The largest absolute Gasteiger partial charge is 0.480 e. The molecule has 1 unspecified atom stereocenters. The fourth-order valence-electron chi connectivity index (χ4n) is 4.27. The summed E-state index contributed by atoms with van der Waals surface area (Å²) in [4.78, 5) is 37.4. The van der Waals surface area contributed by atoms with E-state index in [1.165, 1.54) is 4.57 Å². The molecule has 1 amide bonds. The molecule has 9 nitrogen and oxygen atoms in total. The molecule has 0 saturated heterocycles. The molecule has 0 fully saturated rings. The number of aliphatic carboxylic acids is 1. The quantitative estimate of drug-likeness (QED) is 0.685. The molecular formula is C21H18N4O5. The van der Waals surface area contributed by atoms with Gasteiger partial charge in [-0.15, -0.1) is 0 Å². The van der Waals surface area contributed by atoms with Gasteiger partial charge < -0.3 is 9.84 Å². The number of carboxylic acid groups (broad SMARTS) is 1. The van der Waals surface area contributed by atoms with Gasteiger partial charge >= 0.3 is 17.8 Å². The van der Waals surface area contributed by atoms with Crippen molar-refractivity contribution in [1.29, 1.82) is 0 Å². The first-order valence-corrected chi connectivity index (χ1v) is 9.53. The third-order valence-electron chi connectivity index (χ3n) is 5.74. The zero-order valence-electron chi connectivity index (χ0n) is 15.8. The topological polar surface area (TPSA) is 118 Å². The van der Waals surface area contributed by atoms with Gasteiger partial charge in [-0.05, 0) is 22.3 Å². The third kappa shape index (κ3) is 2.78. The number of rotatable bonds is 3. The van der Waals surface area contributed by atoms with Gasteiger partial charge in [0.2, 0.25) is 0 Å². The number of hydrogen-bond donors (Lipinski definition) is 2. The van der Waals surface area contributed by atoms with E-state index in [2.05, 4.69) is 10.2 Å². The van der Waals surface area contributed by atoms with Crippen molar-refractivity contribution >= 4 is 12.1 Å². The Hall–Kier alpha value is -3.88. The molecule has 1 aliphatic carbocycles. The second-order valence-electron chi connectivity index (χ2n) is 7.34. The number of nitrogens with one attached hydrogen (secondary N) is 1. The average molecular weight is 406 g/mol. The Labute approximate surface area is 170 Å². The van der Waals surface area contributed by atoms with Gasteiger partial charge in [0, 0.05) is 5.92 Å². The first-order valence-electron chi connectivity index (χ1n) is 9.53. The number of fused-ring (bicyclic) bond motifs is 4. The van der Waals surface area contributed by atoms with Gasteiger partial charge in [0.05, 0.1) is 13.1 Å². The summed E-state index contributed by atoms with van der Waals surface area (Å²) in [5, 5.41) is 15.7. The van der Waals surface area contributed by atoms with E-state index in [0.29, 0.717) is 5.82 Å². The Morgan fingerprint density at radius 1 is 1.10 bits per heavy atom. The molecule has 30 heavy (non-hydrogen) atoms. The van der Waals surface area contributed by atoms with E-state index in [1.54, 1.807) is 0 Å². The SMILES string of the molecule is O=C(O)C1Cn2c(n[nH]c2=O)CN1C(=O)OCC1c2ccccc2-c2ccccc21. The Kier molecular flexibility index (Phi) is 4.16. The van der Waals surface area contributed by atoms with E-state index in [4.69, 9.17) is 4.74 Å². The molecule has 2 aliphatic rings. The van der Waals surface area contributed by atoms with Crippen LogP contribution in [-0.2, 0) is 22.6 Å². The normalized spacial score (nSPS) is 17.2. The lowest BCUT2D eigenvalue weighted by molar-refractivity contribution is -0.144. The number of ether oxygens (including phenoxy) is 1. The maximum atomic E-state index is 12.8. The first-order chi connectivity index (χ1) is 14.5. The number of amides is 1. The predicted octanol–water partition coefficient (Wildman–Crippen LogP) is 1.79. The number of carbonyl (C=O) groups is 2. The van der Waals surface area contributed by atoms with Crippen molar-refractivity contribution in [2.24, 2.45) is 0 Å². The van der Waals surface area contributed by atoms with Gasteiger partial charge in [-0.2, -0.15) is 5.10 Å². The number of aromatic amines is 1. The van der Waals surface area contributed by atoms with E-state index in [0.717, 1.165) is 27.2 Å². The van der Waals surface area contributed by atoms with E-state index < -0.39 is 23.8 Å². The molecule has 0 radical (unpaired) electrons. The molecule has 9 heteroatoms. The molecule has 2 aromatic carbocycles. The Morgan fingerprint density at radius 3 is 2.37 bits per heavy atom. The smallest absolute Gasteiger partial charge is 0.411 e. The van der Waals surface area contributed by atoms with Crippen LogP contribution in [0.4, 0.5) is 4.79 Å². The number of carboxylic acids is 1. The van der Waals surface area contributed by atoms with E-state index in [1.807, 2.05) is 48.5 Å². The summed E-state index contributed by atoms with van der Waals surface area (Å²) in [6.07, 6.45) is -0.744. The Balaban J connectivity index is 1.38. The minimum Gasteiger partial charge on any atom is -0.480 e. The molecule has 0 saturated carbocycles. The molecular weight excluding hydrogens is 388 g/mol. The molecule has 3 aromatic rings. The highest BCUT2D eigenvalue weighted by molar-refractivity contribution is 5.81. The van der Waals surface area contributed by atoms with Crippen LogP contribution in [0.2, 0.25) is 0 Å². The minimum absolute atomic E-state index is 0.0864. The van der Waals surface area contributed by atoms with Crippen LogP contribution in [0, 0.1) is 0 Å². The zero-order chi connectivity index (χ0) is 20.8. The second-order valence-corrected chi connectivity index (χ2v) is 7.34. The van der Waals surface area contributed by atoms with Crippen molar-refractivity contribution in [3.8, 4) is 11.1 Å². The molecule has 2 N–H and O–H groups in total. The number of nitrogens with zero attached hydrogens (tertiary/aromatic N) is 3. The van der Waals surface area contributed by atoms with Crippen LogP contribution in [0.15, 0.2) is 53.3 Å². The summed E-state index contributed by atoms with van der Waals surface area (Å²) >= 11 is 0. The van der Waals surface area contributed by atoms with Crippen molar-refractivity contribution < 1.29 is 19.4 Å². The third-order valence-corrected chi connectivity index (χ3v) is 5.74. The number of hydrogen-bond acceptors (Lipinski definition) is 5. The van der Waals surface area contributed by atoms with Crippen molar-refractivity contribution in [3.63, 3.8) is 0 Å². The molecule has 1 atom stereocenters. The fourth-order valence-corrected chi connectivity index (χ4v) is 4.27. The second kappa shape index (κ2) is 6.87. The number of H-pyrrole nitrogens is 1. The van der Waals surface area contributed by atoms with Crippen LogP contribution in [0.1, 0.15) is 22.9 Å². The summed E-state index contributed by atoms with van der Waals surface area (Å²) in [5.41, 5.74) is 3.86. The minimum atomic E-state index is -1.21. The fraction of sp³-hybridized carbons (Fsp3) is 0.238. The monoisotopic (exact) mass is 406 g/mol. The average Bonchev–Trinajstić information content (AvgIpc) is 3.29. The lowest BCUT2D eigenvalue weighted by Crippen LogP contribution is -2.52.